The summed E-state index contributed by atoms with van der Waals surface area (Å²) in [6.45, 7) is 13.8. The van der Waals surface area contributed by atoms with Crippen LogP contribution in [0.4, 0.5) is 0 Å². The Morgan fingerprint density at radius 1 is 1.12 bits per heavy atom. The van der Waals surface area contributed by atoms with Gasteiger partial charge in [-0.15, -0.1) is 10.2 Å². The van der Waals surface area contributed by atoms with Crippen molar-refractivity contribution in [2.75, 3.05) is 19.5 Å². The third kappa shape index (κ3) is 3.68. The van der Waals surface area contributed by atoms with Gasteiger partial charge >= 0.3 is 0 Å². The van der Waals surface area contributed by atoms with E-state index in [2.05, 4.69) is 54.6 Å². The lowest BCUT2D eigenvalue weighted by Gasteiger charge is -2.36. The molecule has 3 rings (SSSR count). The van der Waals surface area contributed by atoms with Gasteiger partial charge in [-0.3, -0.25) is 4.57 Å². The summed E-state index contributed by atoms with van der Waals surface area (Å²) in [6, 6.07) is 4.59. The maximum atomic E-state index is 5.90. The predicted octanol–water partition coefficient (Wildman–Crippen LogP) is 4.73. The summed E-state index contributed by atoms with van der Waals surface area (Å²) in [6.07, 6.45) is 2.03. The van der Waals surface area contributed by atoms with Gasteiger partial charge in [-0.2, -0.15) is 0 Å². The first-order chi connectivity index (χ1) is 12.2. The highest BCUT2D eigenvalue weighted by molar-refractivity contribution is 7.98. The lowest BCUT2D eigenvalue weighted by atomic mass is 9.92. The highest BCUT2D eigenvalue weighted by Gasteiger charge is 2.32. The number of thioether (sulfide) groups is 1. The van der Waals surface area contributed by atoms with E-state index in [0.717, 1.165) is 16.5 Å². The molecule has 2 aromatic rings. The largest absolute Gasteiger partial charge is 0.348 e. The number of aryl methyl sites for hydroxylation is 2. The molecule has 1 saturated heterocycles. The second-order valence-electron chi connectivity index (χ2n) is 7.73. The van der Waals surface area contributed by atoms with Crippen LogP contribution in [0.2, 0.25) is 0 Å². The van der Waals surface area contributed by atoms with Crippen LogP contribution < -0.4 is 0 Å². The van der Waals surface area contributed by atoms with E-state index in [-0.39, 0.29) is 6.04 Å². The number of hydrogen-bond acceptors (Lipinski definition) is 5. The Bertz CT molecular complexity index is 789. The van der Waals surface area contributed by atoms with Gasteiger partial charge in [0.2, 0.25) is 0 Å². The minimum Gasteiger partial charge on any atom is -0.348 e. The van der Waals surface area contributed by atoms with Crippen molar-refractivity contribution in [2.45, 2.75) is 64.4 Å². The maximum absolute atomic E-state index is 5.90. The van der Waals surface area contributed by atoms with E-state index < -0.39 is 5.79 Å². The first-order valence-electron chi connectivity index (χ1n) is 9.12. The maximum Gasteiger partial charge on any atom is 0.191 e. The highest BCUT2D eigenvalue weighted by Crippen LogP contribution is 2.34. The van der Waals surface area contributed by atoms with Gasteiger partial charge in [-0.1, -0.05) is 31.7 Å². The predicted molar refractivity (Wildman–Crippen MR) is 106 cm³/mol. The van der Waals surface area contributed by atoms with Crippen molar-refractivity contribution in [3.8, 4) is 11.4 Å². The van der Waals surface area contributed by atoms with Crippen molar-refractivity contribution in [1.29, 1.82) is 0 Å². The Labute approximate surface area is 160 Å². The smallest absolute Gasteiger partial charge is 0.191 e. The fourth-order valence-corrected chi connectivity index (χ4v) is 4.05. The van der Waals surface area contributed by atoms with Crippen molar-refractivity contribution in [3.63, 3.8) is 0 Å². The highest BCUT2D eigenvalue weighted by atomic mass is 32.2. The summed E-state index contributed by atoms with van der Waals surface area (Å²) < 4.78 is 14.0. The molecule has 1 aliphatic rings. The molecule has 0 spiro atoms. The average Bonchev–Trinajstić information content (AvgIpc) is 2.98. The topological polar surface area (TPSA) is 49.2 Å². The quantitative estimate of drug-likeness (QED) is 0.723. The summed E-state index contributed by atoms with van der Waals surface area (Å²) in [7, 11) is 0. The molecule has 6 heteroatoms. The number of benzene rings is 1. The number of nitrogens with zero attached hydrogens (tertiary/aromatic N) is 3. The zero-order chi connectivity index (χ0) is 19.1. The number of rotatable bonds is 4. The van der Waals surface area contributed by atoms with Crippen LogP contribution in [0.1, 0.15) is 56.3 Å². The van der Waals surface area contributed by atoms with Crippen LogP contribution in [0, 0.1) is 13.8 Å². The van der Waals surface area contributed by atoms with Crippen molar-refractivity contribution >= 4 is 11.8 Å². The first-order valence-corrected chi connectivity index (χ1v) is 10.3. The standard InChI is InChI=1S/C20H29N3O2S/c1-12(2)16-9-17(14(4)8-13(16)3)18-21-22-19(26-7)23(18)15-10-24-20(5,6)25-11-15/h8-9,12,15H,10-11H2,1-7H3. The summed E-state index contributed by atoms with van der Waals surface area (Å²) in [5, 5.41) is 9.86. The van der Waals surface area contributed by atoms with E-state index in [9.17, 15) is 0 Å². The fourth-order valence-electron chi connectivity index (χ4n) is 3.49. The van der Waals surface area contributed by atoms with Gasteiger partial charge in [-0.05, 0) is 62.6 Å². The van der Waals surface area contributed by atoms with E-state index in [1.54, 1.807) is 11.8 Å². The van der Waals surface area contributed by atoms with E-state index in [1.807, 2.05) is 20.1 Å². The third-order valence-electron chi connectivity index (χ3n) is 4.93. The first kappa shape index (κ1) is 19.4. The van der Waals surface area contributed by atoms with Gasteiger partial charge in [0, 0.05) is 5.56 Å². The Balaban J connectivity index is 2.07. The van der Waals surface area contributed by atoms with Crippen LogP contribution in [0.15, 0.2) is 17.3 Å². The molecule has 1 aromatic carbocycles. The molecule has 0 saturated carbocycles. The van der Waals surface area contributed by atoms with Crippen molar-refractivity contribution in [1.82, 2.24) is 14.8 Å². The normalized spacial score (nSPS) is 17.8. The Hall–Kier alpha value is -1.37. The molecule has 1 aliphatic heterocycles. The van der Waals surface area contributed by atoms with Gasteiger partial charge in [0.05, 0.1) is 19.3 Å². The molecule has 0 aliphatic carbocycles. The molecule has 26 heavy (non-hydrogen) atoms. The molecule has 0 unspecified atom stereocenters. The second kappa shape index (κ2) is 7.33. The average molecular weight is 376 g/mol. The molecule has 5 nitrogen and oxygen atoms in total. The molecule has 142 valence electrons. The fraction of sp³-hybridized carbons (Fsp3) is 0.600. The summed E-state index contributed by atoms with van der Waals surface area (Å²) in [4.78, 5) is 0. The lowest BCUT2D eigenvalue weighted by molar-refractivity contribution is -0.259. The van der Waals surface area contributed by atoms with E-state index in [4.69, 9.17) is 9.47 Å². The van der Waals surface area contributed by atoms with Crippen molar-refractivity contribution in [2.24, 2.45) is 0 Å². The van der Waals surface area contributed by atoms with Crippen molar-refractivity contribution < 1.29 is 9.47 Å². The van der Waals surface area contributed by atoms with Crippen LogP contribution in [0.5, 0.6) is 0 Å². The molecule has 0 bridgehead atoms. The van der Waals surface area contributed by atoms with Crippen LogP contribution in [-0.4, -0.2) is 40.0 Å². The van der Waals surface area contributed by atoms with Crippen LogP contribution in [-0.2, 0) is 9.47 Å². The molecule has 0 N–H and O–H groups in total. The van der Waals surface area contributed by atoms with Crippen LogP contribution in [0.25, 0.3) is 11.4 Å². The summed E-state index contributed by atoms with van der Waals surface area (Å²) >= 11 is 1.60. The minimum absolute atomic E-state index is 0.0682. The Morgan fingerprint density at radius 2 is 1.77 bits per heavy atom. The zero-order valence-corrected chi connectivity index (χ0v) is 17.6. The molecular weight excluding hydrogens is 346 g/mol. The second-order valence-corrected chi connectivity index (χ2v) is 8.51. The van der Waals surface area contributed by atoms with Gasteiger partial charge in [-0.25, -0.2) is 0 Å². The molecule has 0 radical (unpaired) electrons. The van der Waals surface area contributed by atoms with E-state index >= 15 is 0 Å². The lowest BCUT2D eigenvalue weighted by Crippen LogP contribution is -2.40. The van der Waals surface area contributed by atoms with Crippen LogP contribution in [0.3, 0.4) is 0 Å². The Morgan fingerprint density at radius 3 is 2.35 bits per heavy atom. The van der Waals surface area contributed by atoms with Crippen molar-refractivity contribution in [3.05, 3.63) is 28.8 Å². The van der Waals surface area contributed by atoms with E-state index in [0.29, 0.717) is 19.1 Å². The zero-order valence-electron chi connectivity index (χ0n) is 16.8. The molecular formula is C20H29N3O2S. The molecule has 2 heterocycles. The minimum atomic E-state index is -0.533. The molecule has 0 amide bonds. The monoisotopic (exact) mass is 375 g/mol. The summed E-state index contributed by atoms with van der Waals surface area (Å²) in [5.41, 5.74) is 5.02. The van der Waals surface area contributed by atoms with Gasteiger partial charge < -0.3 is 9.47 Å². The number of hydrogen-bond donors (Lipinski definition) is 0. The molecule has 1 fully saturated rings. The van der Waals surface area contributed by atoms with Gasteiger partial charge in [0.25, 0.3) is 0 Å². The van der Waals surface area contributed by atoms with Gasteiger partial charge in [0.15, 0.2) is 16.8 Å². The number of aromatic nitrogens is 3. The molecule has 1 aromatic heterocycles. The Kier molecular flexibility index (Phi) is 5.47. The van der Waals surface area contributed by atoms with Gasteiger partial charge in [0.1, 0.15) is 0 Å². The SMILES string of the molecule is CSc1nnc(-c2cc(C(C)C)c(C)cc2C)n1C1COC(C)(C)OC1. The van der Waals surface area contributed by atoms with E-state index in [1.165, 1.54) is 16.7 Å². The number of ether oxygens (including phenoxy) is 2. The van der Waals surface area contributed by atoms with Crippen LogP contribution >= 0.6 is 11.8 Å². The summed E-state index contributed by atoms with van der Waals surface area (Å²) in [5.74, 6) is 0.827. The third-order valence-corrected chi connectivity index (χ3v) is 5.58. The molecule has 0 atom stereocenters.